The zero-order chi connectivity index (χ0) is 16.5. The minimum atomic E-state index is 0.0428. The highest BCUT2D eigenvalue weighted by atomic mass is 35.5. The zero-order valence-electron chi connectivity index (χ0n) is 13.0. The van der Waals surface area contributed by atoms with Gasteiger partial charge in [0, 0.05) is 29.2 Å². The zero-order valence-corrected chi connectivity index (χ0v) is 13.7. The number of benzene rings is 2. The van der Waals surface area contributed by atoms with Gasteiger partial charge in [-0.05, 0) is 30.3 Å². The van der Waals surface area contributed by atoms with Crippen molar-refractivity contribution in [1.82, 2.24) is 14.9 Å². The summed E-state index contributed by atoms with van der Waals surface area (Å²) in [7, 11) is 0. The van der Waals surface area contributed by atoms with E-state index in [-0.39, 0.29) is 5.91 Å². The molecule has 2 aromatic carbocycles. The molecule has 5 nitrogen and oxygen atoms in total. The molecule has 2 heterocycles. The van der Waals surface area contributed by atoms with Crippen LogP contribution in [0.1, 0.15) is 10.4 Å². The molecule has 0 aliphatic carbocycles. The number of carbonyl (C=O) groups is 1. The Labute approximate surface area is 144 Å². The molecule has 24 heavy (non-hydrogen) atoms. The second-order valence-corrected chi connectivity index (χ2v) is 6.17. The van der Waals surface area contributed by atoms with Crippen molar-refractivity contribution >= 4 is 28.5 Å². The van der Waals surface area contributed by atoms with E-state index in [2.05, 4.69) is 9.97 Å². The molecule has 6 heteroatoms. The van der Waals surface area contributed by atoms with E-state index in [9.17, 15) is 4.79 Å². The molecule has 1 fully saturated rings. The van der Waals surface area contributed by atoms with E-state index in [0.717, 1.165) is 22.4 Å². The molecule has 1 N–H and O–H groups in total. The molecule has 0 spiro atoms. The minimum absolute atomic E-state index is 0.0428. The summed E-state index contributed by atoms with van der Waals surface area (Å²) in [5.74, 6) is 0.805. The van der Waals surface area contributed by atoms with Crippen LogP contribution in [0, 0.1) is 0 Å². The van der Waals surface area contributed by atoms with Crippen LogP contribution in [0.15, 0.2) is 42.5 Å². The fourth-order valence-electron chi connectivity index (χ4n) is 2.84. The Kier molecular flexibility index (Phi) is 3.96. The van der Waals surface area contributed by atoms with Gasteiger partial charge in [0.25, 0.3) is 5.91 Å². The van der Waals surface area contributed by atoms with Crippen molar-refractivity contribution in [2.75, 3.05) is 26.3 Å². The molecule has 0 radical (unpaired) electrons. The minimum Gasteiger partial charge on any atom is -0.378 e. The highest BCUT2D eigenvalue weighted by Crippen LogP contribution is 2.23. The van der Waals surface area contributed by atoms with Gasteiger partial charge >= 0.3 is 0 Å². The number of fused-ring (bicyclic) bond motifs is 1. The number of rotatable bonds is 2. The van der Waals surface area contributed by atoms with Gasteiger partial charge in [-0.1, -0.05) is 23.7 Å². The summed E-state index contributed by atoms with van der Waals surface area (Å²) in [5, 5.41) is 0.671. The molecule has 0 bridgehead atoms. The number of imidazole rings is 1. The smallest absolute Gasteiger partial charge is 0.254 e. The summed E-state index contributed by atoms with van der Waals surface area (Å²) in [5.41, 5.74) is 3.37. The van der Waals surface area contributed by atoms with Crippen LogP contribution in [0.4, 0.5) is 0 Å². The standard InChI is InChI=1S/C18H16ClN3O2/c19-14-5-6-15-16(11-14)21-17(20-15)12-1-3-13(4-2-12)18(23)22-7-9-24-10-8-22/h1-6,11H,7-10H2,(H,20,21). The fourth-order valence-corrected chi connectivity index (χ4v) is 3.01. The monoisotopic (exact) mass is 341 g/mol. The van der Waals surface area contributed by atoms with Crippen LogP contribution in [-0.4, -0.2) is 47.1 Å². The van der Waals surface area contributed by atoms with Gasteiger partial charge in [-0.2, -0.15) is 0 Å². The van der Waals surface area contributed by atoms with Crippen LogP contribution in [0.3, 0.4) is 0 Å². The Balaban J connectivity index is 1.59. The number of aromatic nitrogens is 2. The highest BCUT2D eigenvalue weighted by molar-refractivity contribution is 6.31. The van der Waals surface area contributed by atoms with Crippen molar-refractivity contribution < 1.29 is 9.53 Å². The molecule has 4 rings (SSSR count). The number of hydrogen-bond acceptors (Lipinski definition) is 3. The maximum atomic E-state index is 12.5. The van der Waals surface area contributed by atoms with Crippen molar-refractivity contribution in [3.63, 3.8) is 0 Å². The summed E-state index contributed by atoms with van der Waals surface area (Å²) in [6, 6.07) is 13.1. The number of ether oxygens (including phenoxy) is 1. The highest BCUT2D eigenvalue weighted by Gasteiger charge is 2.18. The lowest BCUT2D eigenvalue weighted by Crippen LogP contribution is -2.40. The topological polar surface area (TPSA) is 58.2 Å². The van der Waals surface area contributed by atoms with Crippen molar-refractivity contribution in [1.29, 1.82) is 0 Å². The third-order valence-corrected chi connectivity index (χ3v) is 4.38. The Bertz CT molecular complexity index is 883. The number of hydrogen-bond donors (Lipinski definition) is 1. The van der Waals surface area contributed by atoms with Crippen LogP contribution >= 0.6 is 11.6 Å². The number of nitrogens with zero attached hydrogens (tertiary/aromatic N) is 2. The Morgan fingerprint density at radius 1 is 1.12 bits per heavy atom. The van der Waals surface area contributed by atoms with Crippen LogP contribution in [0.2, 0.25) is 5.02 Å². The number of carbonyl (C=O) groups excluding carboxylic acids is 1. The fraction of sp³-hybridized carbons (Fsp3) is 0.222. The van der Waals surface area contributed by atoms with E-state index in [1.165, 1.54) is 0 Å². The van der Waals surface area contributed by atoms with Gasteiger partial charge in [0.2, 0.25) is 0 Å². The molecule has 0 atom stereocenters. The lowest BCUT2D eigenvalue weighted by atomic mass is 10.1. The molecule has 1 aliphatic heterocycles. The van der Waals surface area contributed by atoms with Gasteiger partial charge in [-0.25, -0.2) is 4.98 Å². The van der Waals surface area contributed by atoms with Crippen molar-refractivity contribution in [3.8, 4) is 11.4 Å². The van der Waals surface area contributed by atoms with Crippen LogP contribution in [-0.2, 0) is 4.74 Å². The number of halogens is 1. The molecular weight excluding hydrogens is 326 g/mol. The van der Waals surface area contributed by atoms with Gasteiger partial charge in [-0.3, -0.25) is 4.79 Å². The number of aromatic amines is 1. The van der Waals surface area contributed by atoms with Crippen molar-refractivity contribution in [3.05, 3.63) is 53.1 Å². The molecule has 3 aromatic rings. The van der Waals surface area contributed by atoms with E-state index in [4.69, 9.17) is 16.3 Å². The van der Waals surface area contributed by atoms with Gasteiger partial charge < -0.3 is 14.6 Å². The van der Waals surface area contributed by atoms with Gasteiger partial charge in [0.05, 0.1) is 24.2 Å². The maximum Gasteiger partial charge on any atom is 0.254 e. The summed E-state index contributed by atoms with van der Waals surface area (Å²) < 4.78 is 5.28. The molecule has 0 unspecified atom stereocenters. The first-order chi connectivity index (χ1) is 11.7. The van der Waals surface area contributed by atoms with Crippen LogP contribution in [0.5, 0.6) is 0 Å². The Hall–Kier alpha value is -2.37. The van der Waals surface area contributed by atoms with E-state index in [1.807, 2.05) is 47.4 Å². The lowest BCUT2D eigenvalue weighted by Gasteiger charge is -2.26. The van der Waals surface area contributed by atoms with Crippen molar-refractivity contribution in [2.45, 2.75) is 0 Å². The number of amides is 1. The second-order valence-electron chi connectivity index (χ2n) is 5.73. The molecule has 0 saturated carbocycles. The normalized spacial score (nSPS) is 15.0. The van der Waals surface area contributed by atoms with Gasteiger partial charge in [0.15, 0.2) is 0 Å². The lowest BCUT2D eigenvalue weighted by molar-refractivity contribution is 0.0303. The first-order valence-electron chi connectivity index (χ1n) is 7.83. The second kappa shape index (κ2) is 6.26. The van der Waals surface area contributed by atoms with Crippen molar-refractivity contribution in [2.24, 2.45) is 0 Å². The van der Waals surface area contributed by atoms with E-state index < -0.39 is 0 Å². The quantitative estimate of drug-likeness (QED) is 0.777. The average Bonchev–Trinajstić information content (AvgIpc) is 3.05. The predicted molar refractivity (Wildman–Crippen MR) is 93.3 cm³/mol. The molecule has 122 valence electrons. The third-order valence-electron chi connectivity index (χ3n) is 4.15. The van der Waals surface area contributed by atoms with Crippen LogP contribution in [0.25, 0.3) is 22.4 Å². The maximum absolute atomic E-state index is 12.5. The molecule has 1 saturated heterocycles. The largest absolute Gasteiger partial charge is 0.378 e. The first-order valence-corrected chi connectivity index (χ1v) is 8.21. The number of H-pyrrole nitrogens is 1. The SMILES string of the molecule is O=C(c1ccc(-c2nc3ccc(Cl)cc3[nH]2)cc1)N1CCOCC1. The summed E-state index contributed by atoms with van der Waals surface area (Å²) >= 11 is 6.00. The van der Waals surface area contributed by atoms with Gasteiger partial charge in [0.1, 0.15) is 5.82 Å². The molecule has 1 amide bonds. The Morgan fingerprint density at radius 3 is 2.62 bits per heavy atom. The van der Waals surface area contributed by atoms with E-state index in [0.29, 0.717) is 36.9 Å². The number of nitrogens with one attached hydrogen (secondary N) is 1. The predicted octanol–water partition coefficient (Wildman–Crippen LogP) is 3.36. The molecule has 1 aromatic heterocycles. The third kappa shape index (κ3) is 2.88. The summed E-state index contributed by atoms with van der Waals surface area (Å²) in [4.78, 5) is 22.1. The summed E-state index contributed by atoms with van der Waals surface area (Å²) in [6.07, 6.45) is 0. The molecular formula is C18H16ClN3O2. The molecule has 1 aliphatic rings. The Morgan fingerprint density at radius 2 is 1.88 bits per heavy atom. The van der Waals surface area contributed by atoms with Crippen LogP contribution < -0.4 is 0 Å². The van der Waals surface area contributed by atoms with Gasteiger partial charge in [-0.15, -0.1) is 0 Å². The van der Waals surface area contributed by atoms with E-state index >= 15 is 0 Å². The number of morpholine rings is 1. The summed E-state index contributed by atoms with van der Waals surface area (Å²) in [6.45, 7) is 2.49. The first kappa shape index (κ1) is 15.2. The van der Waals surface area contributed by atoms with E-state index in [1.54, 1.807) is 0 Å². The average molecular weight is 342 g/mol.